The molecule has 0 saturated heterocycles. The van der Waals surface area contributed by atoms with Gasteiger partial charge in [-0.15, -0.1) is 11.3 Å². The van der Waals surface area contributed by atoms with E-state index in [4.69, 9.17) is 0 Å². The monoisotopic (exact) mass is 313 g/mol. The first-order valence-corrected chi connectivity index (χ1v) is 9.34. The minimum atomic E-state index is -1.27. The average Bonchev–Trinajstić information content (AvgIpc) is 2.84. The summed E-state index contributed by atoms with van der Waals surface area (Å²) in [5.41, 5.74) is 0.705. The van der Waals surface area contributed by atoms with Crippen LogP contribution in [0.5, 0.6) is 0 Å². The fourth-order valence-electron chi connectivity index (χ4n) is 2.65. The number of rotatable bonds is 7. The lowest BCUT2D eigenvalue weighted by atomic mass is 10.1. The van der Waals surface area contributed by atoms with E-state index in [1.807, 2.05) is 13.8 Å². The Balaban J connectivity index is 1.91. The first kappa shape index (κ1) is 15.7. The van der Waals surface area contributed by atoms with Crippen molar-refractivity contribution < 1.29 is 9.00 Å². The van der Waals surface area contributed by atoms with Crippen molar-refractivity contribution in [3.63, 3.8) is 0 Å². The number of hydrogen-bond donors (Lipinski definition) is 0. The minimum Gasteiger partial charge on any atom is -0.268 e. The number of hydrogen-bond acceptors (Lipinski definition) is 3. The van der Waals surface area contributed by atoms with E-state index in [1.165, 1.54) is 25.7 Å². The predicted octanol–water partition coefficient (Wildman–Crippen LogP) is 4.20. The number of fused-ring (bicyclic) bond motifs is 1. The maximum Gasteiger partial charge on any atom is 0.268 e. The molecule has 1 aliphatic heterocycles. The number of thiophene rings is 1. The summed E-state index contributed by atoms with van der Waals surface area (Å²) in [6.07, 6.45) is 7.07. The molecule has 3 nitrogen and oxygen atoms in total. The molecule has 0 spiro atoms. The standard InChI is InChI=1S/C15H23NO2S2/c1-4-5-6-7-8-9-10-16-15(17)13-11(2)19-12(3)14(13)20(16)18/h4-10H2,1-3H3. The third-order valence-corrected chi connectivity index (χ3v) is 6.49. The molecule has 0 radical (unpaired) electrons. The van der Waals surface area contributed by atoms with Crippen LogP contribution in [0.2, 0.25) is 0 Å². The van der Waals surface area contributed by atoms with Crippen LogP contribution in [0.15, 0.2) is 4.90 Å². The lowest BCUT2D eigenvalue weighted by molar-refractivity contribution is 0.0873. The smallest absolute Gasteiger partial charge is 0.268 e. The molecule has 0 saturated carbocycles. The number of aryl methyl sites for hydroxylation is 2. The zero-order chi connectivity index (χ0) is 14.7. The van der Waals surface area contributed by atoms with Gasteiger partial charge in [0, 0.05) is 16.3 Å². The second kappa shape index (κ2) is 6.85. The van der Waals surface area contributed by atoms with Gasteiger partial charge in [-0.3, -0.25) is 9.10 Å². The van der Waals surface area contributed by atoms with Gasteiger partial charge in [0.2, 0.25) is 0 Å². The summed E-state index contributed by atoms with van der Waals surface area (Å²) in [4.78, 5) is 15.1. The molecule has 0 N–H and O–H groups in total. The maximum absolute atomic E-state index is 12.4. The predicted molar refractivity (Wildman–Crippen MR) is 84.6 cm³/mol. The van der Waals surface area contributed by atoms with Gasteiger partial charge in [-0.1, -0.05) is 39.0 Å². The SMILES string of the molecule is CCCCCCCCN1C(=O)c2c(C)sc(C)c2S1=O. The van der Waals surface area contributed by atoms with Crippen LogP contribution in [-0.2, 0) is 11.0 Å². The van der Waals surface area contributed by atoms with Crippen LogP contribution in [0.1, 0.15) is 65.6 Å². The lowest BCUT2D eigenvalue weighted by Crippen LogP contribution is -2.27. The van der Waals surface area contributed by atoms with Crippen LogP contribution in [0, 0.1) is 13.8 Å². The molecule has 112 valence electrons. The number of amides is 1. The molecular formula is C15H23NO2S2. The van der Waals surface area contributed by atoms with Crippen molar-refractivity contribution in [1.29, 1.82) is 0 Å². The highest BCUT2D eigenvalue weighted by atomic mass is 32.2. The summed E-state index contributed by atoms with van der Waals surface area (Å²) in [7, 11) is -1.27. The van der Waals surface area contributed by atoms with Crippen LogP contribution in [0.4, 0.5) is 0 Å². The topological polar surface area (TPSA) is 37.4 Å². The molecule has 0 aliphatic carbocycles. The Morgan fingerprint density at radius 1 is 1.05 bits per heavy atom. The van der Waals surface area contributed by atoms with Gasteiger partial charge in [0.25, 0.3) is 5.91 Å². The molecule has 1 unspecified atom stereocenters. The average molecular weight is 313 g/mol. The van der Waals surface area contributed by atoms with Gasteiger partial charge in [-0.25, -0.2) is 4.21 Å². The van der Waals surface area contributed by atoms with E-state index in [-0.39, 0.29) is 5.91 Å². The van der Waals surface area contributed by atoms with Crippen molar-refractivity contribution in [2.75, 3.05) is 6.54 Å². The first-order valence-electron chi connectivity index (χ1n) is 7.41. The number of nitrogens with zero attached hydrogens (tertiary/aromatic N) is 1. The van der Waals surface area contributed by atoms with Crippen molar-refractivity contribution in [2.45, 2.75) is 64.2 Å². The Labute approximate surface area is 128 Å². The Bertz CT molecular complexity index is 486. The molecule has 5 heteroatoms. The fraction of sp³-hybridized carbons (Fsp3) is 0.667. The Hall–Kier alpha value is -0.680. The van der Waals surface area contributed by atoms with Gasteiger partial charge in [-0.05, 0) is 20.3 Å². The Kier molecular flexibility index (Phi) is 5.38. The van der Waals surface area contributed by atoms with Gasteiger partial charge in [-0.2, -0.15) is 0 Å². The molecule has 2 rings (SSSR count). The van der Waals surface area contributed by atoms with Crippen molar-refractivity contribution in [1.82, 2.24) is 4.31 Å². The molecule has 1 aromatic heterocycles. The molecule has 2 heterocycles. The van der Waals surface area contributed by atoms with Crippen LogP contribution < -0.4 is 0 Å². The third-order valence-electron chi connectivity index (χ3n) is 3.73. The Morgan fingerprint density at radius 2 is 1.70 bits per heavy atom. The van der Waals surface area contributed by atoms with E-state index in [0.717, 1.165) is 27.5 Å². The van der Waals surface area contributed by atoms with Gasteiger partial charge in [0.1, 0.15) is 0 Å². The maximum atomic E-state index is 12.4. The molecule has 1 aromatic rings. The van der Waals surface area contributed by atoms with Gasteiger partial charge in [0.05, 0.1) is 10.5 Å². The zero-order valence-electron chi connectivity index (χ0n) is 12.5. The zero-order valence-corrected chi connectivity index (χ0v) is 14.2. The summed E-state index contributed by atoms with van der Waals surface area (Å²) < 4.78 is 14.0. The van der Waals surface area contributed by atoms with Crippen LogP contribution >= 0.6 is 11.3 Å². The quantitative estimate of drug-likeness (QED) is 0.707. The normalized spacial score (nSPS) is 17.9. The summed E-state index contributed by atoms with van der Waals surface area (Å²) in [5, 5.41) is 0. The highest BCUT2D eigenvalue weighted by Crippen LogP contribution is 2.37. The summed E-state index contributed by atoms with van der Waals surface area (Å²) in [6.45, 7) is 6.72. The van der Waals surface area contributed by atoms with Crippen LogP contribution in [0.25, 0.3) is 0 Å². The van der Waals surface area contributed by atoms with Crippen molar-refractivity contribution in [2.24, 2.45) is 0 Å². The highest BCUT2D eigenvalue weighted by Gasteiger charge is 2.38. The van der Waals surface area contributed by atoms with Gasteiger partial charge >= 0.3 is 0 Å². The molecule has 0 aromatic carbocycles. The Morgan fingerprint density at radius 3 is 2.35 bits per heavy atom. The molecule has 20 heavy (non-hydrogen) atoms. The van der Waals surface area contributed by atoms with Crippen molar-refractivity contribution in [3.05, 3.63) is 15.3 Å². The van der Waals surface area contributed by atoms with E-state index in [2.05, 4.69) is 6.92 Å². The third kappa shape index (κ3) is 2.98. The molecule has 0 fully saturated rings. The largest absolute Gasteiger partial charge is 0.268 e. The number of unbranched alkanes of at least 4 members (excludes halogenated alkanes) is 5. The molecule has 1 aliphatic rings. The van der Waals surface area contributed by atoms with E-state index in [0.29, 0.717) is 12.1 Å². The highest BCUT2D eigenvalue weighted by molar-refractivity contribution is 7.84. The fourth-order valence-corrected chi connectivity index (χ4v) is 5.42. The molecule has 0 bridgehead atoms. The van der Waals surface area contributed by atoms with E-state index >= 15 is 0 Å². The second-order valence-corrected chi connectivity index (χ2v) is 8.12. The van der Waals surface area contributed by atoms with E-state index in [1.54, 1.807) is 15.6 Å². The summed E-state index contributed by atoms with van der Waals surface area (Å²) in [5.74, 6) is -0.0336. The van der Waals surface area contributed by atoms with Crippen LogP contribution in [-0.4, -0.2) is 21.0 Å². The summed E-state index contributed by atoms with van der Waals surface area (Å²) >= 11 is 1.58. The second-order valence-electron chi connectivity index (χ2n) is 5.34. The van der Waals surface area contributed by atoms with Gasteiger partial charge in [0.15, 0.2) is 11.0 Å². The van der Waals surface area contributed by atoms with Crippen molar-refractivity contribution in [3.8, 4) is 0 Å². The van der Waals surface area contributed by atoms with Gasteiger partial charge < -0.3 is 0 Å². The minimum absolute atomic E-state index is 0.0336. The first-order chi connectivity index (χ1) is 9.57. The molecular weight excluding hydrogens is 290 g/mol. The molecule has 1 atom stereocenters. The molecule has 1 amide bonds. The van der Waals surface area contributed by atoms with Crippen molar-refractivity contribution >= 4 is 28.2 Å². The van der Waals surface area contributed by atoms with E-state index < -0.39 is 11.0 Å². The van der Waals surface area contributed by atoms with Crippen LogP contribution in [0.3, 0.4) is 0 Å². The number of carbonyl (C=O) groups is 1. The number of carbonyl (C=O) groups excluding carboxylic acids is 1. The lowest BCUT2D eigenvalue weighted by Gasteiger charge is -2.14. The van der Waals surface area contributed by atoms with E-state index in [9.17, 15) is 9.00 Å². The summed E-state index contributed by atoms with van der Waals surface area (Å²) in [6, 6.07) is 0.